The van der Waals surface area contributed by atoms with Crippen molar-refractivity contribution >= 4 is 17.3 Å². The van der Waals surface area contributed by atoms with Crippen LogP contribution in [0.2, 0.25) is 0 Å². The van der Waals surface area contributed by atoms with Crippen molar-refractivity contribution in [2.45, 2.75) is 27.2 Å². The zero-order valence-corrected chi connectivity index (χ0v) is 17.6. The van der Waals surface area contributed by atoms with E-state index in [2.05, 4.69) is 24.5 Å². The summed E-state index contributed by atoms with van der Waals surface area (Å²) in [6, 6.07) is 15.0. The summed E-state index contributed by atoms with van der Waals surface area (Å²) in [7, 11) is 0. The molecular weight excluding hydrogens is 368 g/mol. The first-order chi connectivity index (χ1) is 14.1. The van der Waals surface area contributed by atoms with Gasteiger partial charge in [0.25, 0.3) is 0 Å². The van der Waals surface area contributed by atoms with E-state index in [4.69, 9.17) is 14.2 Å². The molecule has 0 unspecified atom stereocenters. The molecule has 0 aromatic heterocycles. The van der Waals surface area contributed by atoms with Crippen molar-refractivity contribution in [2.75, 3.05) is 43.6 Å². The highest BCUT2D eigenvalue weighted by Crippen LogP contribution is 2.23. The smallest absolute Gasteiger partial charge is 0.243 e. The van der Waals surface area contributed by atoms with Crippen molar-refractivity contribution in [2.24, 2.45) is 5.92 Å². The van der Waals surface area contributed by atoms with Gasteiger partial charge in [-0.2, -0.15) is 0 Å². The maximum atomic E-state index is 12.3. The minimum Gasteiger partial charge on any atom is -0.494 e. The average molecular weight is 401 g/mol. The lowest BCUT2D eigenvalue weighted by Crippen LogP contribution is -2.22. The number of ether oxygens (including phenoxy) is 3. The molecular formula is C23H32N2O4. The number of para-hydroxylation sites is 2. The van der Waals surface area contributed by atoms with Gasteiger partial charge in [-0.25, -0.2) is 0 Å². The maximum Gasteiger partial charge on any atom is 0.243 e. The third kappa shape index (κ3) is 8.87. The van der Waals surface area contributed by atoms with E-state index in [1.807, 2.05) is 55.5 Å². The molecule has 0 fully saturated rings. The van der Waals surface area contributed by atoms with E-state index in [9.17, 15) is 4.79 Å². The Labute approximate surface area is 173 Å². The van der Waals surface area contributed by atoms with Crippen LogP contribution in [0.1, 0.15) is 27.2 Å². The summed E-state index contributed by atoms with van der Waals surface area (Å²) in [6.07, 6.45) is 0.993. The third-order valence-electron chi connectivity index (χ3n) is 4.10. The van der Waals surface area contributed by atoms with E-state index >= 15 is 0 Å². The lowest BCUT2D eigenvalue weighted by atomic mass is 10.1. The Morgan fingerprint density at radius 3 is 2.62 bits per heavy atom. The Morgan fingerprint density at radius 1 is 1.00 bits per heavy atom. The van der Waals surface area contributed by atoms with Crippen molar-refractivity contribution < 1.29 is 19.0 Å². The van der Waals surface area contributed by atoms with Gasteiger partial charge in [-0.05, 0) is 43.5 Å². The number of carbonyl (C=O) groups is 1. The number of carbonyl (C=O) groups excluding carboxylic acids is 1. The van der Waals surface area contributed by atoms with E-state index in [-0.39, 0.29) is 12.5 Å². The number of rotatable bonds is 13. The highest BCUT2D eigenvalue weighted by Gasteiger charge is 2.07. The van der Waals surface area contributed by atoms with Crippen LogP contribution in [0.15, 0.2) is 48.5 Å². The molecule has 0 radical (unpaired) electrons. The summed E-state index contributed by atoms with van der Waals surface area (Å²) in [5.41, 5.74) is 1.48. The molecule has 0 heterocycles. The van der Waals surface area contributed by atoms with E-state index in [1.54, 1.807) is 0 Å². The van der Waals surface area contributed by atoms with Crippen LogP contribution in [0.4, 0.5) is 11.4 Å². The zero-order chi connectivity index (χ0) is 20.9. The van der Waals surface area contributed by atoms with E-state index in [0.29, 0.717) is 43.8 Å². The molecule has 0 spiro atoms. The van der Waals surface area contributed by atoms with E-state index in [1.165, 1.54) is 0 Å². The molecule has 0 bridgehead atoms. The van der Waals surface area contributed by atoms with Gasteiger partial charge in [-0.1, -0.05) is 32.0 Å². The zero-order valence-electron chi connectivity index (χ0n) is 17.6. The Kier molecular flexibility index (Phi) is 9.86. The molecule has 2 aromatic carbocycles. The fourth-order valence-corrected chi connectivity index (χ4v) is 2.55. The second-order valence-electron chi connectivity index (χ2n) is 7.00. The maximum absolute atomic E-state index is 12.3. The van der Waals surface area contributed by atoms with Crippen molar-refractivity contribution in [1.82, 2.24) is 0 Å². The van der Waals surface area contributed by atoms with Crippen LogP contribution in [0.3, 0.4) is 0 Å². The number of amides is 1. The first-order valence-electron chi connectivity index (χ1n) is 10.1. The van der Waals surface area contributed by atoms with Gasteiger partial charge in [-0.3, -0.25) is 4.79 Å². The number of benzene rings is 2. The number of hydrogen-bond acceptors (Lipinski definition) is 5. The molecule has 158 valence electrons. The molecule has 0 aliphatic carbocycles. The van der Waals surface area contributed by atoms with Crippen LogP contribution in [0.5, 0.6) is 11.5 Å². The highest BCUT2D eigenvalue weighted by molar-refractivity contribution is 5.94. The summed E-state index contributed by atoms with van der Waals surface area (Å²) in [5, 5.41) is 6.02. The molecule has 29 heavy (non-hydrogen) atoms. The van der Waals surface area contributed by atoms with Crippen LogP contribution in [0.25, 0.3) is 0 Å². The summed E-state index contributed by atoms with van der Waals surface area (Å²) in [4.78, 5) is 12.3. The van der Waals surface area contributed by atoms with Gasteiger partial charge in [0, 0.05) is 18.4 Å². The largest absolute Gasteiger partial charge is 0.494 e. The summed E-state index contributed by atoms with van der Waals surface area (Å²) in [5.74, 6) is 1.90. The fraction of sp³-hybridized carbons (Fsp3) is 0.435. The minimum absolute atomic E-state index is 0.129. The normalized spacial score (nSPS) is 10.6. The van der Waals surface area contributed by atoms with Gasteiger partial charge in [0.15, 0.2) is 0 Å². The van der Waals surface area contributed by atoms with Crippen LogP contribution in [-0.2, 0) is 9.53 Å². The molecule has 6 heteroatoms. The fourth-order valence-electron chi connectivity index (χ4n) is 2.55. The predicted molar refractivity (Wildman–Crippen MR) is 117 cm³/mol. The van der Waals surface area contributed by atoms with E-state index < -0.39 is 0 Å². The summed E-state index contributed by atoms with van der Waals surface area (Å²) < 4.78 is 16.8. The number of hydrogen-bond donors (Lipinski definition) is 2. The molecule has 0 aliphatic rings. The minimum atomic E-state index is -0.145. The lowest BCUT2D eigenvalue weighted by Gasteiger charge is -2.14. The van der Waals surface area contributed by atoms with Crippen molar-refractivity contribution in [3.8, 4) is 11.5 Å². The Morgan fingerprint density at radius 2 is 1.83 bits per heavy atom. The lowest BCUT2D eigenvalue weighted by molar-refractivity contribution is -0.114. The second-order valence-corrected chi connectivity index (χ2v) is 7.00. The molecule has 1 amide bonds. The Hall–Kier alpha value is -2.73. The molecule has 2 aromatic rings. The Balaban J connectivity index is 1.83. The van der Waals surface area contributed by atoms with Crippen LogP contribution < -0.4 is 20.1 Å². The van der Waals surface area contributed by atoms with Crippen LogP contribution in [-0.4, -0.2) is 38.9 Å². The van der Waals surface area contributed by atoms with Gasteiger partial charge in [-0.15, -0.1) is 0 Å². The van der Waals surface area contributed by atoms with Crippen molar-refractivity contribution in [3.05, 3.63) is 48.5 Å². The molecule has 6 nitrogen and oxygen atoms in total. The Bertz CT molecular complexity index is 749. The molecule has 2 N–H and O–H groups in total. The first-order valence-corrected chi connectivity index (χ1v) is 10.1. The quantitative estimate of drug-likeness (QED) is 0.482. The standard InChI is InChI=1S/C23H32N2O4/c1-4-27-14-15-29-22-11-6-5-10-21(22)24-17-23(26)25-19-8-7-9-20(16-19)28-13-12-18(2)3/h5-11,16,18,24H,4,12-15,17H2,1-3H3,(H,25,26). The summed E-state index contributed by atoms with van der Waals surface area (Å²) >= 11 is 0. The van der Waals surface area contributed by atoms with Crippen molar-refractivity contribution in [3.63, 3.8) is 0 Å². The van der Waals surface area contributed by atoms with Crippen LogP contribution in [0, 0.1) is 5.92 Å². The second kappa shape index (κ2) is 12.7. The highest BCUT2D eigenvalue weighted by atomic mass is 16.5. The number of anilines is 2. The van der Waals surface area contributed by atoms with Crippen molar-refractivity contribution in [1.29, 1.82) is 0 Å². The molecule has 0 aliphatic heterocycles. The monoisotopic (exact) mass is 400 g/mol. The van der Waals surface area contributed by atoms with Gasteiger partial charge in [0.05, 0.1) is 25.4 Å². The average Bonchev–Trinajstić information content (AvgIpc) is 2.70. The van der Waals surface area contributed by atoms with Gasteiger partial charge >= 0.3 is 0 Å². The molecule has 0 saturated carbocycles. The predicted octanol–water partition coefficient (Wildman–Crippen LogP) is 4.58. The van der Waals surface area contributed by atoms with Gasteiger partial charge in [0.2, 0.25) is 5.91 Å². The molecule has 0 atom stereocenters. The number of nitrogens with one attached hydrogen (secondary N) is 2. The first kappa shape index (κ1) is 22.6. The van der Waals surface area contributed by atoms with Gasteiger partial charge in [0.1, 0.15) is 18.1 Å². The molecule has 0 saturated heterocycles. The van der Waals surface area contributed by atoms with Crippen LogP contribution >= 0.6 is 0 Å². The van der Waals surface area contributed by atoms with E-state index in [0.717, 1.165) is 17.9 Å². The van der Waals surface area contributed by atoms with Gasteiger partial charge < -0.3 is 24.8 Å². The molecule has 2 rings (SSSR count). The topological polar surface area (TPSA) is 68.8 Å². The third-order valence-corrected chi connectivity index (χ3v) is 4.10. The SMILES string of the molecule is CCOCCOc1ccccc1NCC(=O)Nc1cccc(OCCC(C)C)c1. The summed E-state index contributed by atoms with van der Waals surface area (Å²) in [6.45, 7) is 8.71.